The van der Waals surface area contributed by atoms with Crippen LogP contribution in [0.15, 0.2) is 82.3 Å². The summed E-state index contributed by atoms with van der Waals surface area (Å²) in [5.74, 6) is -0.803. The molecular formula is C26H19BrF2N4O4S. The largest absolute Gasteiger partial charge is 0.495 e. The van der Waals surface area contributed by atoms with E-state index in [0.717, 1.165) is 12.1 Å². The van der Waals surface area contributed by atoms with Gasteiger partial charge in [0, 0.05) is 33.6 Å². The third-order valence-corrected chi connectivity index (χ3v) is 7.54. The molecule has 0 amide bonds. The highest BCUT2D eigenvalue weighted by Crippen LogP contribution is 2.38. The first kappa shape index (κ1) is 25.6. The molecule has 12 heteroatoms. The molecule has 2 heterocycles. The lowest BCUT2D eigenvalue weighted by Crippen LogP contribution is -2.14. The molecule has 1 N–H and O–H groups in total. The van der Waals surface area contributed by atoms with E-state index in [4.69, 9.17) is 9.47 Å². The van der Waals surface area contributed by atoms with E-state index < -0.39 is 21.7 Å². The van der Waals surface area contributed by atoms with Crippen LogP contribution in [0.5, 0.6) is 17.2 Å². The molecule has 0 aliphatic carbocycles. The number of methoxy groups -OCH3 is 1. The predicted octanol–water partition coefficient (Wildman–Crippen LogP) is 6.35. The van der Waals surface area contributed by atoms with Gasteiger partial charge in [-0.25, -0.2) is 17.2 Å². The van der Waals surface area contributed by atoms with E-state index >= 15 is 0 Å². The molecule has 0 atom stereocenters. The Morgan fingerprint density at radius 2 is 1.68 bits per heavy atom. The molecule has 0 fully saturated rings. The van der Waals surface area contributed by atoms with Crippen molar-refractivity contribution in [3.8, 4) is 28.4 Å². The van der Waals surface area contributed by atoms with Gasteiger partial charge in [0.1, 0.15) is 28.0 Å². The van der Waals surface area contributed by atoms with Crippen LogP contribution in [0.25, 0.3) is 16.8 Å². The monoisotopic (exact) mass is 600 g/mol. The number of fused-ring (bicyclic) bond motifs is 1. The number of sulfonamides is 1. The van der Waals surface area contributed by atoms with Crippen molar-refractivity contribution in [3.63, 3.8) is 0 Å². The maximum Gasteiger partial charge on any atom is 0.265 e. The lowest BCUT2D eigenvalue weighted by Gasteiger charge is -2.16. The number of ether oxygens (including phenoxy) is 2. The average Bonchev–Trinajstić information content (AvgIpc) is 3.26. The summed E-state index contributed by atoms with van der Waals surface area (Å²) >= 11 is 3.29. The quantitative estimate of drug-likeness (QED) is 0.234. The van der Waals surface area contributed by atoms with Crippen molar-refractivity contribution in [1.29, 1.82) is 0 Å². The standard InChI is InChI=1S/C26H19BrF2N4O4S/c1-15-30-31-26-10-3-16(14-33(15)26)20-13-19(6-9-22(20)37-23-8-5-18(28)12-21(23)29)32-38(34,35)25-11-17(27)4-7-24(25)36-2/h3-14,32H,1-2H3. The highest BCUT2D eigenvalue weighted by atomic mass is 79.9. The zero-order chi connectivity index (χ0) is 27.0. The summed E-state index contributed by atoms with van der Waals surface area (Å²) < 4.78 is 70.3. The topological polar surface area (TPSA) is 94.8 Å². The van der Waals surface area contributed by atoms with E-state index in [9.17, 15) is 17.2 Å². The molecular weight excluding hydrogens is 582 g/mol. The van der Waals surface area contributed by atoms with Crippen molar-refractivity contribution in [3.05, 3.63) is 94.9 Å². The normalized spacial score (nSPS) is 11.5. The van der Waals surface area contributed by atoms with Gasteiger partial charge in [-0.05, 0) is 67.6 Å². The van der Waals surface area contributed by atoms with E-state index in [1.54, 1.807) is 41.8 Å². The number of aryl methyl sites for hydroxylation is 1. The maximum atomic E-state index is 14.4. The number of nitrogens with zero attached hydrogens (tertiary/aromatic N) is 3. The lowest BCUT2D eigenvalue weighted by atomic mass is 10.1. The number of anilines is 1. The van der Waals surface area contributed by atoms with Gasteiger partial charge >= 0.3 is 0 Å². The summed E-state index contributed by atoms with van der Waals surface area (Å²) in [6, 6.07) is 15.6. The fraction of sp³-hybridized carbons (Fsp3) is 0.0769. The zero-order valence-corrected chi connectivity index (χ0v) is 22.3. The first-order chi connectivity index (χ1) is 18.1. The number of nitrogens with one attached hydrogen (secondary N) is 1. The first-order valence-electron chi connectivity index (χ1n) is 11.1. The van der Waals surface area contributed by atoms with Crippen LogP contribution in [0, 0.1) is 18.6 Å². The number of hydrogen-bond acceptors (Lipinski definition) is 6. The molecule has 0 spiro atoms. The Morgan fingerprint density at radius 1 is 0.921 bits per heavy atom. The summed E-state index contributed by atoms with van der Waals surface area (Å²) in [4.78, 5) is -0.0637. The van der Waals surface area contributed by atoms with E-state index in [-0.39, 0.29) is 27.8 Å². The van der Waals surface area contributed by atoms with Gasteiger partial charge in [0.05, 0.1) is 7.11 Å². The molecule has 3 aromatic carbocycles. The van der Waals surface area contributed by atoms with Crippen molar-refractivity contribution in [2.45, 2.75) is 11.8 Å². The van der Waals surface area contributed by atoms with Gasteiger partial charge in [-0.3, -0.25) is 9.12 Å². The number of rotatable bonds is 7. The summed E-state index contributed by atoms with van der Waals surface area (Å²) in [5, 5.41) is 8.13. The maximum absolute atomic E-state index is 14.4. The molecule has 0 aliphatic heterocycles. The van der Waals surface area contributed by atoms with Gasteiger partial charge < -0.3 is 9.47 Å². The first-order valence-corrected chi connectivity index (χ1v) is 13.4. The number of pyridine rings is 1. The molecule has 0 unspecified atom stereocenters. The van der Waals surface area contributed by atoms with E-state index in [0.29, 0.717) is 27.1 Å². The molecule has 5 aromatic rings. The van der Waals surface area contributed by atoms with Crippen LogP contribution >= 0.6 is 15.9 Å². The van der Waals surface area contributed by atoms with Crippen molar-refractivity contribution in [2.75, 3.05) is 11.8 Å². The second-order valence-electron chi connectivity index (χ2n) is 8.18. The van der Waals surface area contributed by atoms with E-state index in [2.05, 4.69) is 30.8 Å². The Kier molecular flexibility index (Phi) is 6.76. The molecule has 38 heavy (non-hydrogen) atoms. The van der Waals surface area contributed by atoms with Gasteiger partial charge in [0.25, 0.3) is 10.0 Å². The molecule has 2 aromatic heterocycles. The van der Waals surface area contributed by atoms with E-state index in [1.807, 2.05) is 0 Å². The van der Waals surface area contributed by atoms with E-state index in [1.165, 1.54) is 37.4 Å². The Labute approximate surface area is 225 Å². The smallest absolute Gasteiger partial charge is 0.265 e. The summed E-state index contributed by atoms with van der Waals surface area (Å²) in [6.45, 7) is 1.78. The van der Waals surface area contributed by atoms with Gasteiger partial charge in [-0.2, -0.15) is 0 Å². The summed E-state index contributed by atoms with van der Waals surface area (Å²) in [5.41, 5.74) is 1.87. The highest BCUT2D eigenvalue weighted by molar-refractivity contribution is 9.10. The number of aromatic nitrogens is 3. The minimum absolute atomic E-state index is 0.0637. The molecule has 0 saturated heterocycles. The highest BCUT2D eigenvalue weighted by Gasteiger charge is 2.22. The average molecular weight is 601 g/mol. The molecule has 0 radical (unpaired) electrons. The minimum Gasteiger partial charge on any atom is -0.495 e. The fourth-order valence-electron chi connectivity index (χ4n) is 3.82. The van der Waals surface area contributed by atoms with Crippen LogP contribution < -0.4 is 14.2 Å². The number of hydrogen-bond donors (Lipinski definition) is 1. The van der Waals surface area contributed by atoms with Crippen LogP contribution in [0.1, 0.15) is 5.82 Å². The molecule has 8 nitrogen and oxygen atoms in total. The Morgan fingerprint density at radius 3 is 2.45 bits per heavy atom. The van der Waals surface area contributed by atoms with Gasteiger partial charge in [0.15, 0.2) is 17.2 Å². The SMILES string of the molecule is COc1ccc(Br)cc1S(=O)(=O)Nc1ccc(Oc2ccc(F)cc2F)c(-c2ccc3nnc(C)n3c2)c1. The lowest BCUT2D eigenvalue weighted by molar-refractivity contribution is 0.403. The van der Waals surface area contributed by atoms with Crippen molar-refractivity contribution in [1.82, 2.24) is 14.6 Å². The summed E-state index contributed by atoms with van der Waals surface area (Å²) in [6.07, 6.45) is 1.75. The third-order valence-electron chi connectivity index (χ3n) is 5.64. The van der Waals surface area contributed by atoms with Crippen molar-refractivity contribution >= 4 is 37.3 Å². The minimum atomic E-state index is -4.07. The van der Waals surface area contributed by atoms with Crippen LogP contribution in [0.2, 0.25) is 0 Å². The zero-order valence-electron chi connectivity index (χ0n) is 19.9. The molecule has 5 rings (SSSR count). The number of benzene rings is 3. The van der Waals surface area contributed by atoms with Gasteiger partial charge in [-0.15, -0.1) is 10.2 Å². The Bertz CT molecular complexity index is 1790. The fourth-order valence-corrected chi connectivity index (χ4v) is 5.58. The number of halogens is 3. The van der Waals surface area contributed by atoms with Crippen LogP contribution in [-0.2, 0) is 10.0 Å². The molecule has 0 aliphatic rings. The van der Waals surface area contributed by atoms with Crippen molar-refractivity contribution < 1.29 is 26.7 Å². The Balaban J connectivity index is 1.61. The second-order valence-corrected chi connectivity index (χ2v) is 10.7. The van der Waals surface area contributed by atoms with Crippen LogP contribution in [-0.4, -0.2) is 30.1 Å². The van der Waals surface area contributed by atoms with Gasteiger partial charge in [-0.1, -0.05) is 15.9 Å². The summed E-state index contributed by atoms with van der Waals surface area (Å²) in [7, 11) is -2.69. The third kappa shape index (κ3) is 5.04. The predicted molar refractivity (Wildman–Crippen MR) is 141 cm³/mol. The molecule has 194 valence electrons. The second kappa shape index (κ2) is 10.0. The molecule has 0 bridgehead atoms. The van der Waals surface area contributed by atoms with Crippen LogP contribution in [0.3, 0.4) is 0 Å². The van der Waals surface area contributed by atoms with Gasteiger partial charge in [0.2, 0.25) is 0 Å². The molecule has 0 saturated carbocycles. The van der Waals surface area contributed by atoms with Crippen LogP contribution in [0.4, 0.5) is 14.5 Å². The Hall–Kier alpha value is -4.03. The van der Waals surface area contributed by atoms with Crippen molar-refractivity contribution in [2.24, 2.45) is 0 Å².